The summed E-state index contributed by atoms with van der Waals surface area (Å²) >= 11 is 0. The fourth-order valence-electron chi connectivity index (χ4n) is 2.84. The molecule has 1 aromatic heterocycles. The molecule has 0 aliphatic heterocycles. The summed E-state index contributed by atoms with van der Waals surface area (Å²) in [5, 5.41) is 12.6. The Morgan fingerprint density at radius 1 is 1.24 bits per heavy atom. The minimum absolute atomic E-state index is 0.0884. The van der Waals surface area contributed by atoms with E-state index in [0.29, 0.717) is 12.2 Å². The maximum Gasteiger partial charge on any atom is 0.328 e. The van der Waals surface area contributed by atoms with Gasteiger partial charge in [-0.1, -0.05) is 0 Å². The first-order valence-electron chi connectivity index (χ1n) is 8.01. The standard InChI is InChI=1S/C18H24N2O5/c1-11-12(2)20(7-8-24-3)16-6-5-13(9-14(11)16)17(21)19-15(10-25-4)18(22)23/h5-6,9,15H,7-8,10H2,1-4H3,(H,19,21)(H,22,23). The van der Waals surface area contributed by atoms with Crippen LogP contribution in [0.15, 0.2) is 18.2 Å². The van der Waals surface area contributed by atoms with Crippen LogP contribution in [0.2, 0.25) is 0 Å². The molecule has 0 saturated carbocycles. The van der Waals surface area contributed by atoms with Crippen molar-refractivity contribution in [2.24, 2.45) is 0 Å². The van der Waals surface area contributed by atoms with Gasteiger partial charge >= 0.3 is 5.97 Å². The third-order valence-electron chi connectivity index (χ3n) is 4.36. The predicted octanol–water partition coefficient (Wildman–Crippen LogP) is 1.73. The summed E-state index contributed by atoms with van der Waals surface area (Å²) in [7, 11) is 3.05. The molecule has 0 spiro atoms. The molecule has 1 heterocycles. The molecule has 0 aliphatic rings. The van der Waals surface area contributed by atoms with Crippen LogP contribution < -0.4 is 5.32 Å². The predicted molar refractivity (Wildman–Crippen MR) is 94.1 cm³/mol. The van der Waals surface area contributed by atoms with Gasteiger partial charge in [-0.25, -0.2) is 4.79 Å². The van der Waals surface area contributed by atoms with Gasteiger partial charge in [0, 0.05) is 42.9 Å². The molecule has 0 fully saturated rings. The number of nitrogens with zero attached hydrogens (tertiary/aromatic N) is 1. The summed E-state index contributed by atoms with van der Waals surface area (Å²) in [5.41, 5.74) is 3.65. The lowest BCUT2D eigenvalue weighted by Crippen LogP contribution is -2.43. The van der Waals surface area contributed by atoms with Gasteiger partial charge in [-0.15, -0.1) is 0 Å². The number of methoxy groups -OCH3 is 2. The Balaban J connectivity index is 2.33. The zero-order chi connectivity index (χ0) is 18.6. The van der Waals surface area contributed by atoms with Gasteiger partial charge in [0.05, 0.1) is 13.2 Å². The number of ether oxygens (including phenoxy) is 2. The zero-order valence-electron chi connectivity index (χ0n) is 15.0. The van der Waals surface area contributed by atoms with Crippen LogP contribution in [0.5, 0.6) is 0 Å². The van der Waals surface area contributed by atoms with E-state index in [9.17, 15) is 9.59 Å². The first kappa shape index (κ1) is 19.0. The van der Waals surface area contributed by atoms with Crippen LogP contribution in [0.3, 0.4) is 0 Å². The van der Waals surface area contributed by atoms with Gasteiger partial charge in [0.15, 0.2) is 6.04 Å². The Bertz CT molecular complexity index is 781. The Kier molecular flexibility index (Phi) is 6.17. The number of carboxylic acid groups (broad SMARTS) is 1. The largest absolute Gasteiger partial charge is 0.480 e. The summed E-state index contributed by atoms with van der Waals surface area (Å²) in [6, 6.07) is 4.29. The molecule has 2 N–H and O–H groups in total. The lowest BCUT2D eigenvalue weighted by molar-refractivity contribution is -0.140. The van der Waals surface area contributed by atoms with E-state index in [2.05, 4.69) is 9.88 Å². The summed E-state index contributed by atoms with van der Waals surface area (Å²) < 4.78 is 12.1. The normalized spacial score (nSPS) is 12.3. The molecule has 1 atom stereocenters. The van der Waals surface area contributed by atoms with Crippen LogP contribution >= 0.6 is 0 Å². The van der Waals surface area contributed by atoms with Crippen LogP contribution in [0.1, 0.15) is 21.6 Å². The second kappa shape index (κ2) is 8.13. The molecule has 2 rings (SSSR count). The Morgan fingerprint density at radius 2 is 1.96 bits per heavy atom. The Morgan fingerprint density at radius 3 is 2.56 bits per heavy atom. The van der Waals surface area contributed by atoms with Crippen molar-refractivity contribution in [2.45, 2.75) is 26.4 Å². The van der Waals surface area contributed by atoms with Crippen molar-refractivity contribution < 1.29 is 24.2 Å². The summed E-state index contributed by atoms with van der Waals surface area (Å²) in [6.45, 7) is 5.28. The highest BCUT2D eigenvalue weighted by atomic mass is 16.5. The average molecular weight is 348 g/mol. The minimum atomic E-state index is -1.13. The quantitative estimate of drug-likeness (QED) is 0.758. The number of aromatic nitrogens is 1. The van der Waals surface area contributed by atoms with Gasteiger partial charge < -0.3 is 24.5 Å². The molecule has 1 unspecified atom stereocenters. The number of aryl methyl sites for hydroxylation is 1. The van der Waals surface area contributed by atoms with Crippen LogP contribution in [0, 0.1) is 13.8 Å². The molecule has 7 nitrogen and oxygen atoms in total. The molecular weight excluding hydrogens is 324 g/mol. The van der Waals surface area contributed by atoms with Crippen molar-refractivity contribution in [1.29, 1.82) is 0 Å². The number of hydrogen-bond donors (Lipinski definition) is 2. The maximum atomic E-state index is 12.4. The molecule has 25 heavy (non-hydrogen) atoms. The minimum Gasteiger partial charge on any atom is -0.480 e. The summed E-state index contributed by atoms with van der Waals surface area (Å²) in [4.78, 5) is 23.6. The first-order valence-corrected chi connectivity index (χ1v) is 8.01. The van der Waals surface area contributed by atoms with E-state index in [4.69, 9.17) is 14.6 Å². The van der Waals surface area contributed by atoms with E-state index in [-0.39, 0.29) is 6.61 Å². The zero-order valence-corrected chi connectivity index (χ0v) is 15.0. The van der Waals surface area contributed by atoms with Gasteiger partial charge in [0.2, 0.25) is 0 Å². The van der Waals surface area contributed by atoms with Crippen molar-refractivity contribution in [3.63, 3.8) is 0 Å². The topological polar surface area (TPSA) is 89.8 Å². The van der Waals surface area contributed by atoms with Crippen molar-refractivity contribution in [3.8, 4) is 0 Å². The number of amides is 1. The van der Waals surface area contributed by atoms with Gasteiger partial charge in [0.1, 0.15) is 0 Å². The smallest absolute Gasteiger partial charge is 0.328 e. The number of benzene rings is 1. The number of hydrogen-bond acceptors (Lipinski definition) is 4. The second-order valence-electron chi connectivity index (χ2n) is 5.91. The van der Waals surface area contributed by atoms with E-state index < -0.39 is 17.9 Å². The highest BCUT2D eigenvalue weighted by Crippen LogP contribution is 2.26. The van der Waals surface area contributed by atoms with Gasteiger partial charge in [0.25, 0.3) is 5.91 Å². The molecule has 1 aromatic carbocycles. The molecule has 2 aromatic rings. The number of fused-ring (bicyclic) bond motifs is 1. The Labute approximate surface area is 146 Å². The van der Waals surface area contributed by atoms with Crippen LogP contribution in [0.25, 0.3) is 10.9 Å². The van der Waals surface area contributed by atoms with Crippen molar-refractivity contribution in [2.75, 3.05) is 27.4 Å². The fourth-order valence-corrected chi connectivity index (χ4v) is 2.84. The van der Waals surface area contributed by atoms with E-state index >= 15 is 0 Å². The summed E-state index contributed by atoms with van der Waals surface area (Å²) in [5.74, 6) is -1.57. The SMILES string of the molecule is COCCn1c(C)c(C)c2cc(C(=O)NC(COC)C(=O)O)ccc21. The third-order valence-corrected chi connectivity index (χ3v) is 4.36. The first-order chi connectivity index (χ1) is 11.9. The highest BCUT2D eigenvalue weighted by molar-refractivity contribution is 6.00. The molecule has 0 radical (unpaired) electrons. The number of nitrogens with one attached hydrogen (secondary N) is 1. The molecule has 7 heteroatoms. The highest BCUT2D eigenvalue weighted by Gasteiger charge is 2.21. The van der Waals surface area contributed by atoms with E-state index in [0.717, 1.165) is 28.7 Å². The Hall–Kier alpha value is -2.38. The molecule has 0 bridgehead atoms. The van der Waals surface area contributed by atoms with Gasteiger partial charge in [-0.05, 0) is 37.6 Å². The van der Waals surface area contributed by atoms with Crippen molar-refractivity contribution >= 4 is 22.8 Å². The second-order valence-corrected chi connectivity index (χ2v) is 5.91. The van der Waals surface area contributed by atoms with E-state index in [1.54, 1.807) is 19.2 Å². The number of aliphatic carboxylic acids is 1. The monoisotopic (exact) mass is 348 g/mol. The van der Waals surface area contributed by atoms with Crippen molar-refractivity contribution in [1.82, 2.24) is 9.88 Å². The van der Waals surface area contributed by atoms with Crippen molar-refractivity contribution in [3.05, 3.63) is 35.0 Å². The third kappa shape index (κ3) is 4.00. The fraction of sp³-hybridized carbons (Fsp3) is 0.444. The molecule has 0 aliphatic carbocycles. The molecule has 136 valence electrons. The van der Waals surface area contributed by atoms with Gasteiger partial charge in [-0.2, -0.15) is 0 Å². The van der Waals surface area contributed by atoms with E-state index in [1.807, 2.05) is 19.9 Å². The van der Waals surface area contributed by atoms with Gasteiger partial charge in [-0.3, -0.25) is 4.79 Å². The number of carbonyl (C=O) groups excluding carboxylic acids is 1. The molecule has 1 amide bonds. The number of rotatable bonds is 8. The number of carboxylic acids is 1. The summed E-state index contributed by atoms with van der Waals surface area (Å²) in [6.07, 6.45) is 0. The maximum absolute atomic E-state index is 12.4. The molecular formula is C18H24N2O5. The number of carbonyl (C=O) groups is 2. The lowest BCUT2D eigenvalue weighted by atomic mass is 10.1. The average Bonchev–Trinajstić information content (AvgIpc) is 2.83. The molecule has 0 saturated heterocycles. The lowest BCUT2D eigenvalue weighted by Gasteiger charge is -2.13. The van der Waals surface area contributed by atoms with Crippen LogP contribution in [0.4, 0.5) is 0 Å². The van der Waals surface area contributed by atoms with Crippen LogP contribution in [-0.4, -0.2) is 55.0 Å². The van der Waals surface area contributed by atoms with E-state index in [1.165, 1.54) is 7.11 Å². The van der Waals surface area contributed by atoms with Crippen LogP contribution in [-0.2, 0) is 20.8 Å².